The monoisotopic (exact) mass is 501 g/mol. The molecule has 4 aliphatic rings. The first-order valence-electron chi connectivity index (χ1n) is 15.4. The van der Waals surface area contributed by atoms with Crippen molar-refractivity contribution >= 4 is 6.09 Å². The largest absolute Gasteiger partial charge is 0.446 e. The number of fused-ring (bicyclic) bond motifs is 5. The zero-order valence-corrected chi connectivity index (χ0v) is 24.2. The summed E-state index contributed by atoms with van der Waals surface area (Å²) in [7, 11) is 0. The van der Waals surface area contributed by atoms with Gasteiger partial charge in [-0.05, 0) is 98.2 Å². The number of rotatable bonds is 10. The Balaban J connectivity index is 1.36. The van der Waals surface area contributed by atoms with Crippen LogP contribution in [0, 0.1) is 46.3 Å². The number of amides is 1. The van der Waals surface area contributed by atoms with E-state index in [2.05, 4.69) is 46.0 Å². The first kappa shape index (κ1) is 28.0. The Hall–Kier alpha value is -1.03. The Morgan fingerprint density at radius 3 is 2.64 bits per heavy atom. The molecule has 4 unspecified atom stereocenters. The zero-order chi connectivity index (χ0) is 25.9. The molecule has 4 heteroatoms. The van der Waals surface area contributed by atoms with Crippen molar-refractivity contribution < 1.29 is 14.3 Å². The van der Waals surface area contributed by atoms with E-state index in [1.807, 2.05) is 6.92 Å². The van der Waals surface area contributed by atoms with Crippen LogP contribution < -0.4 is 5.32 Å². The molecule has 4 nitrogen and oxygen atoms in total. The lowest BCUT2D eigenvalue weighted by Gasteiger charge is -2.58. The third kappa shape index (κ3) is 5.69. The molecular formula is C32H55NO3. The molecule has 0 heterocycles. The fourth-order valence-corrected chi connectivity index (χ4v) is 9.32. The second-order valence-electron chi connectivity index (χ2n) is 13.7. The van der Waals surface area contributed by atoms with Crippen LogP contribution in [-0.2, 0) is 9.47 Å². The zero-order valence-electron chi connectivity index (χ0n) is 24.2. The lowest BCUT2D eigenvalue weighted by molar-refractivity contribution is -0.0581. The third-order valence-corrected chi connectivity index (χ3v) is 11.3. The van der Waals surface area contributed by atoms with Crippen molar-refractivity contribution in [3.05, 3.63) is 11.6 Å². The normalized spacial score (nSPS) is 38.5. The molecule has 0 aromatic carbocycles. The minimum absolute atomic E-state index is 0.0179. The van der Waals surface area contributed by atoms with Crippen LogP contribution in [0.15, 0.2) is 11.6 Å². The van der Waals surface area contributed by atoms with Gasteiger partial charge in [0, 0.05) is 19.6 Å². The van der Waals surface area contributed by atoms with Gasteiger partial charge in [0.05, 0.1) is 6.61 Å². The van der Waals surface area contributed by atoms with E-state index in [1.54, 1.807) is 5.57 Å². The van der Waals surface area contributed by atoms with Gasteiger partial charge in [0.2, 0.25) is 0 Å². The number of alkyl carbamates (subject to hydrolysis) is 1. The van der Waals surface area contributed by atoms with Gasteiger partial charge in [-0.25, -0.2) is 4.79 Å². The quantitative estimate of drug-likeness (QED) is 0.243. The van der Waals surface area contributed by atoms with Crippen molar-refractivity contribution in [1.82, 2.24) is 5.32 Å². The van der Waals surface area contributed by atoms with Crippen LogP contribution in [-0.4, -0.2) is 32.0 Å². The average Bonchev–Trinajstić information content (AvgIpc) is 3.19. The summed E-state index contributed by atoms with van der Waals surface area (Å²) in [6, 6.07) is 0. The van der Waals surface area contributed by atoms with Crippen LogP contribution in [0.5, 0.6) is 0 Å². The minimum atomic E-state index is -0.287. The summed E-state index contributed by atoms with van der Waals surface area (Å²) in [6.45, 7) is 16.2. The fraction of sp³-hybridized carbons (Fsp3) is 0.906. The van der Waals surface area contributed by atoms with E-state index in [0.29, 0.717) is 30.6 Å². The van der Waals surface area contributed by atoms with Gasteiger partial charge in [0.15, 0.2) is 0 Å². The van der Waals surface area contributed by atoms with E-state index < -0.39 is 0 Å². The van der Waals surface area contributed by atoms with Crippen LogP contribution in [0.4, 0.5) is 4.79 Å². The highest BCUT2D eigenvalue weighted by molar-refractivity contribution is 5.67. The molecule has 0 bridgehead atoms. The van der Waals surface area contributed by atoms with Gasteiger partial charge in [-0.3, -0.25) is 0 Å². The van der Waals surface area contributed by atoms with Crippen LogP contribution in [0.25, 0.3) is 0 Å². The number of carbonyl (C=O) groups is 1. The lowest BCUT2D eigenvalue weighted by Crippen LogP contribution is -2.51. The van der Waals surface area contributed by atoms with E-state index in [-0.39, 0.29) is 12.2 Å². The summed E-state index contributed by atoms with van der Waals surface area (Å²) in [6.07, 6.45) is 16.6. The minimum Gasteiger partial charge on any atom is -0.446 e. The smallest absolute Gasteiger partial charge is 0.407 e. The molecule has 0 radical (unpaired) electrons. The summed E-state index contributed by atoms with van der Waals surface area (Å²) in [5, 5.41) is 2.85. The molecule has 1 amide bonds. The fourth-order valence-electron chi connectivity index (χ4n) is 9.32. The third-order valence-electron chi connectivity index (χ3n) is 11.3. The summed E-state index contributed by atoms with van der Waals surface area (Å²) in [5.74, 6) is 5.18. The number of hydrogen-bond acceptors (Lipinski definition) is 3. The molecule has 4 rings (SSSR count). The Kier molecular flexibility index (Phi) is 9.16. The molecule has 3 saturated carbocycles. The van der Waals surface area contributed by atoms with Gasteiger partial charge in [-0.1, -0.05) is 65.5 Å². The lowest BCUT2D eigenvalue weighted by atomic mass is 9.47. The van der Waals surface area contributed by atoms with Crippen LogP contribution in [0.1, 0.15) is 112 Å². The van der Waals surface area contributed by atoms with Crippen molar-refractivity contribution in [1.29, 1.82) is 0 Å². The second kappa shape index (κ2) is 11.8. The highest BCUT2D eigenvalue weighted by Gasteiger charge is 2.59. The molecule has 8 atom stereocenters. The molecule has 4 aliphatic carbocycles. The molecule has 0 aliphatic heterocycles. The van der Waals surface area contributed by atoms with E-state index in [0.717, 1.165) is 54.8 Å². The number of carbonyl (C=O) groups excluding carboxylic acids is 1. The van der Waals surface area contributed by atoms with Gasteiger partial charge < -0.3 is 14.8 Å². The molecule has 0 saturated heterocycles. The maximum absolute atomic E-state index is 12.3. The maximum Gasteiger partial charge on any atom is 0.407 e. The molecule has 36 heavy (non-hydrogen) atoms. The first-order valence-corrected chi connectivity index (χ1v) is 15.4. The van der Waals surface area contributed by atoms with E-state index in [1.165, 1.54) is 51.4 Å². The summed E-state index contributed by atoms with van der Waals surface area (Å²) in [5.41, 5.74) is 2.43. The molecule has 3 fully saturated rings. The predicted molar refractivity (Wildman–Crippen MR) is 148 cm³/mol. The van der Waals surface area contributed by atoms with Gasteiger partial charge in [0.1, 0.15) is 6.10 Å². The van der Waals surface area contributed by atoms with Crippen molar-refractivity contribution in [2.75, 3.05) is 19.8 Å². The number of allylic oxidation sites excluding steroid dienone is 1. The number of hydrogen-bond donors (Lipinski definition) is 1. The molecular weight excluding hydrogens is 446 g/mol. The van der Waals surface area contributed by atoms with Crippen molar-refractivity contribution in [3.8, 4) is 0 Å². The van der Waals surface area contributed by atoms with Gasteiger partial charge in [-0.2, -0.15) is 0 Å². The standard InChI is InChI=1S/C32H55NO3/c1-7-35-20-19-33-30(34)36-25-15-17-31(5)24(21-25)11-12-26-28-14-13-27(23(4)10-8-9-22(2)3)32(28,6)18-16-29(26)31/h11,22-23,25-29H,7-10,12-21H2,1-6H3,(H,33,34)/t23-,25?,26?,27-,28?,29?,31+,32-/m1/s1. The van der Waals surface area contributed by atoms with Crippen LogP contribution in [0.3, 0.4) is 0 Å². The summed E-state index contributed by atoms with van der Waals surface area (Å²) in [4.78, 5) is 12.3. The Morgan fingerprint density at radius 1 is 1.08 bits per heavy atom. The Labute approximate surface area is 221 Å². The van der Waals surface area contributed by atoms with Gasteiger partial charge in [-0.15, -0.1) is 0 Å². The second-order valence-corrected chi connectivity index (χ2v) is 13.7. The highest BCUT2D eigenvalue weighted by atomic mass is 16.6. The predicted octanol–water partition coefficient (Wildman–Crippen LogP) is 8.16. The van der Waals surface area contributed by atoms with Gasteiger partial charge in [0.25, 0.3) is 0 Å². The van der Waals surface area contributed by atoms with Crippen molar-refractivity contribution in [3.63, 3.8) is 0 Å². The highest BCUT2D eigenvalue weighted by Crippen LogP contribution is 2.67. The topological polar surface area (TPSA) is 47.6 Å². The first-order chi connectivity index (χ1) is 17.2. The number of ether oxygens (including phenoxy) is 2. The number of nitrogens with one attached hydrogen (secondary N) is 1. The Morgan fingerprint density at radius 2 is 1.89 bits per heavy atom. The van der Waals surface area contributed by atoms with Crippen molar-refractivity contribution in [2.45, 2.75) is 118 Å². The van der Waals surface area contributed by atoms with Crippen LogP contribution >= 0.6 is 0 Å². The molecule has 206 valence electrons. The summed E-state index contributed by atoms with van der Waals surface area (Å²) >= 11 is 0. The maximum atomic E-state index is 12.3. The van der Waals surface area contributed by atoms with E-state index >= 15 is 0 Å². The van der Waals surface area contributed by atoms with Crippen LogP contribution in [0.2, 0.25) is 0 Å². The van der Waals surface area contributed by atoms with Crippen molar-refractivity contribution in [2.24, 2.45) is 46.3 Å². The molecule has 0 aromatic rings. The van der Waals surface area contributed by atoms with E-state index in [4.69, 9.17) is 9.47 Å². The summed E-state index contributed by atoms with van der Waals surface area (Å²) < 4.78 is 11.1. The SMILES string of the molecule is CCOCCNC(=O)OC1CC[C@@]2(C)C(=CCC3C2CC[C@@]2(C)C3CC[C@@H]2[C@H](C)CCCC(C)C)C1. The molecule has 0 aromatic heterocycles. The van der Waals surface area contributed by atoms with E-state index in [9.17, 15) is 4.79 Å². The average molecular weight is 502 g/mol. The molecule has 0 spiro atoms. The molecule has 1 N–H and O–H groups in total. The Bertz CT molecular complexity index is 777. The van der Waals surface area contributed by atoms with Gasteiger partial charge >= 0.3 is 6.09 Å².